The van der Waals surface area contributed by atoms with E-state index in [-0.39, 0.29) is 24.6 Å². The minimum Gasteiger partial charge on any atom is -0.465 e. The predicted molar refractivity (Wildman–Crippen MR) is 166 cm³/mol. The number of aliphatic hydroxyl groups excluding tert-OH is 1. The highest BCUT2D eigenvalue weighted by molar-refractivity contribution is 6.36. The van der Waals surface area contributed by atoms with Gasteiger partial charge in [0.15, 0.2) is 0 Å². The van der Waals surface area contributed by atoms with Gasteiger partial charge in [0.25, 0.3) is 0 Å². The highest BCUT2D eigenvalue weighted by atomic mass is 35.5. The number of aliphatic hydroxyl groups is 1. The van der Waals surface area contributed by atoms with Gasteiger partial charge in [-0.1, -0.05) is 35.9 Å². The molecule has 5 heterocycles. The van der Waals surface area contributed by atoms with Crippen LogP contribution in [0, 0.1) is 5.92 Å². The number of carboxylic acid groups (broad SMARTS) is 1. The quantitative estimate of drug-likeness (QED) is 0.408. The van der Waals surface area contributed by atoms with Crippen molar-refractivity contribution < 1.29 is 19.7 Å². The van der Waals surface area contributed by atoms with Crippen molar-refractivity contribution >= 4 is 40.0 Å². The number of likely N-dealkylation sites (tertiary alicyclic amines) is 1. The van der Waals surface area contributed by atoms with Gasteiger partial charge in [0.1, 0.15) is 12.4 Å². The number of aromatic nitrogens is 2. The maximum atomic E-state index is 12.2. The van der Waals surface area contributed by atoms with Crippen molar-refractivity contribution in [3.05, 3.63) is 52.7 Å². The van der Waals surface area contributed by atoms with Gasteiger partial charge in [-0.15, -0.1) is 0 Å². The topological polar surface area (TPSA) is 106 Å². The summed E-state index contributed by atoms with van der Waals surface area (Å²) < 4.78 is 6.31. The first-order chi connectivity index (χ1) is 20.9. The fourth-order valence-electron chi connectivity index (χ4n) is 7.84. The van der Waals surface area contributed by atoms with Crippen LogP contribution in [0.15, 0.2) is 36.4 Å². The molecule has 0 saturated carbocycles. The third-order valence-corrected chi connectivity index (χ3v) is 10.3. The molecule has 3 aromatic rings. The lowest BCUT2D eigenvalue weighted by molar-refractivity contribution is 0.107. The monoisotopic (exact) mass is 606 g/mol. The number of anilines is 2. The summed E-state index contributed by atoms with van der Waals surface area (Å²) in [5.74, 6) is 0.994. The van der Waals surface area contributed by atoms with Crippen molar-refractivity contribution in [2.24, 2.45) is 5.92 Å². The fourth-order valence-corrected chi connectivity index (χ4v) is 8.12. The molecule has 1 aromatic heterocycles. The number of hydrogen-bond donors (Lipinski definition) is 2. The lowest BCUT2D eigenvalue weighted by Crippen LogP contribution is -2.57. The molecule has 0 spiro atoms. The van der Waals surface area contributed by atoms with Gasteiger partial charge in [-0.25, -0.2) is 4.79 Å². The van der Waals surface area contributed by atoms with E-state index in [4.69, 9.17) is 26.3 Å². The molecule has 2 aromatic carbocycles. The van der Waals surface area contributed by atoms with Crippen LogP contribution in [0.1, 0.15) is 36.9 Å². The summed E-state index contributed by atoms with van der Waals surface area (Å²) in [4.78, 5) is 30.7. The third-order valence-electron chi connectivity index (χ3n) is 10.0. The Kier molecular flexibility index (Phi) is 7.69. The van der Waals surface area contributed by atoms with Crippen LogP contribution in [-0.4, -0.2) is 101 Å². The standard InChI is InChI=1S/C32H39ClN6O4/c1-36-12-4-7-22(36)19-43-31-34-26-17-37(27-9-3-6-20-5-2-8-25(33)29(20)27)13-10-24(26)30(35-31)38-16-23-15-21(11-14-40)28(18-38)39(23)32(41)42/h2-3,5-6,8-9,21-23,28,40H,4,7,10-19H2,1H3,(H,41,42)/t21?,22-,23+,28+/m0/s1. The fraction of sp³-hybridized carbons (Fsp3) is 0.531. The normalized spacial score (nSPS) is 25.4. The molecule has 7 rings (SSSR count). The first kappa shape index (κ1) is 28.4. The lowest BCUT2D eigenvalue weighted by Gasteiger charge is -2.42. The molecular weight excluding hydrogens is 568 g/mol. The van der Waals surface area contributed by atoms with E-state index < -0.39 is 6.09 Å². The summed E-state index contributed by atoms with van der Waals surface area (Å²) in [6, 6.07) is 12.7. The molecule has 10 nitrogen and oxygen atoms in total. The van der Waals surface area contributed by atoms with Crippen LogP contribution in [0.5, 0.6) is 6.01 Å². The van der Waals surface area contributed by atoms with Crippen LogP contribution in [-0.2, 0) is 13.0 Å². The molecule has 4 aliphatic heterocycles. The van der Waals surface area contributed by atoms with Gasteiger partial charge < -0.3 is 29.6 Å². The van der Waals surface area contributed by atoms with Crippen LogP contribution >= 0.6 is 11.6 Å². The predicted octanol–water partition coefficient (Wildman–Crippen LogP) is 4.26. The summed E-state index contributed by atoms with van der Waals surface area (Å²) in [5.41, 5.74) is 3.13. The number of nitrogens with zero attached hydrogens (tertiary/aromatic N) is 6. The van der Waals surface area contributed by atoms with E-state index in [0.717, 1.165) is 77.3 Å². The third kappa shape index (κ3) is 5.23. The maximum Gasteiger partial charge on any atom is 0.407 e. The summed E-state index contributed by atoms with van der Waals surface area (Å²) in [6.07, 6.45) is 3.49. The van der Waals surface area contributed by atoms with Crippen LogP contribution in [0.3, 0.4) is 0 Å². The highest BCUT2D eigenvalue weighted by Gasteiger charge is 2.49. The number of rotatable bonds is 7. The number of benzene rings is 2. The van der Waals surface area contributed by atoms with Gasteiger partial charge in [-0.2, -0.15) is 9.97 Å². The Balaban J connectivity index is 1.23. The summed E-state index contributed by atoms with van der Waals surface area (Å²) >= 11 is 6.71. The number of halogens is 1. The van der Waals surface area contributed by atoms with Crippen molar-refractivity contribution in [2.45, 2.75) is 56.8 Å². The molecule has 2 bridgehead atoms. The van der Waals surface area contributed by atoms with Crippen LogP contribution in [0.4, 0.5) is 16.3 Å². The van der Waals surface area contributed by atoms with E-state index in [1.165, 1.54) is 0 Å². The average molecular weight is 607 g/mol. The van der Waals surface area contributed by atoms with Gasteiger partial charge in [-0.3, -0.25) is 4.90 Å². The molecule has 2 N–H and O–H groups in total. The van der Waals surface area contributed by atoms with Gasteiger partial charge in [-0.05, 0) is 69.1 Å². The van der Waals surface area contributed by atoms with Crippen molar-refractivity contribution in [2.75, 3.05) is 56.2 Å². The first-order valence-corrected chi connectivity index (χ1v) is 15.8. The largest absolute Gasteiger partial charge is 0.465 e. The lowest BCUT2D eigenvalue weighted by atomic mass is 9.96. The molecule has 3 fully saturated rings. The Bertz CT molecular complexity index is 1520. The van der Waals surface area contributed by atoms with E-state index in [9.17, 15) is 15.0 Å². The minimum absolute atomic E-state index is 0.0614. The van der Waals surface area contributed by atoms with E-state index in [0.29, 0.717) is 44.7 Å². The molecule has 1 amide bonds. The van der Waals surface area contributed by atoms with E-state index in [2.05, 4.69) is 46.0 Å². The smallest absolute Gasteiger partial charge is 0.407 e. The Morgan fingerprint density at radius 3 is 2.72 bits per heavy atom. The second-order valence-electron chi connectivity index (χ2n) is 12.5. The Morgan fingerprint density at radius 2 is 1.95 bits per heavy atom. The molecule has 11 heteroatoms. The zero-order valence-electron chi connectivity index (χ0n) is 24.5. The number of carbonyl (C=O) groups is 1. The van der Waals surface area contributed by atoms with Crippen LogP contribution < -0.4 is 14.5 Å². The molecular formula is C32H39ClN6O4. The molecule has 1 unspecified atom stereocenters. The van der Waals surface area contributed by atoms with Crippen molar-refractivity contribution in [1.82, 2.24) is 19.8 Å². The van der Waals surface area contributed by atoms with Crippen molar-refractivity contribution in [1.29, 1.82) is 0 Å². The average Bonchev–Trinajstić information content (AvgIpc) is 3.52. The Morgan fingerprint density at radius 1 is 1.12 bits per heavy atom. The zero-order chi connectivity index (χ0) is 29.7. The Labute approximate surface area is 256 Å². The zero-order valence-corrected chi connectivity index (χ0v) is 25.3. The van der Waals surface area contributed by atoms with Crippen LogP contribution in [0.2, 0.25) is 5.02 Å². The molecule has 3 saturated heterocycles. The van der Waals surface area contributed by atoms with Crippen molar-refractivity contribution in [3.63, 3.8) is 0 Å². The second kappa shape index (κ2) is 11.6. The minimum atomic E-state index is -0.881. The first-order valence-electron chi connectivity index (χ1n) is 15.4. The van der Waals surface area contributed by atoms with E-state index in [1.807, 2.05) is 12.1 Å². The molecule has 4 atom stereocenters. The Hall–Kier alpha value is -3.34. The van der Waals surface area contributed by atoms with Gasteiger partial charge in [0.2, 0.25) is 0 Å². The molecule has 228 valence electrons. The second-order valence-corrected chi connectivity index (χ2v) is 12.9. The van der Waals surface area contributed by atoms with Crippen molar-refractivity contribution in [3.8, 4) is 6.01 Å². The number of fused-ring (bicyclic) bond motifs is 4. The number of hydrogen-bond acceptors (Lipinski definition) is 8. The molecule has 0 radical (unpaired) electrons. The maximum absolute atomic E-state index is 12.2. The SMILES string of the molecule is CN1CCC[C@H]1COc1nc2c(c(N3C[C@H]4CC(CCO)[C@@H](C3)N4C(=O)O)n1)CCN(c1cccc3cccc(Cl)c13)C2. The molecule has 4 aliphatic rings. The van der Waals surface area contributed by atoms with Gasteiger partial charge in [0, 0.05) is 48.9 Å². The number of piperazine rings is 1. The van der Waals surface area contributed by atoms with Crippen LogP contribution in [0.25, 0.3) is 10.8 Å². The van der Waals surface area contributed by atoms with Gasteiger partial charge in [0.05, 0.1) is 29.3 Å². The van der Waals surface area contributed by atoms with E-state index >= 15 is 0 Å². The number of likely N-dealkylation sites (N-methyl/N-ethyl adjacent to an activating group) is 1. The van der Waals surface area contributed by atoms with E-state index in [1.54, 1.807) is 4.90 Å². The number of ether oxygens (including phenoxy) is 1. The summed E-state index contributed by atoms with van der Waals surface area (Å²) in [5, 5.41) is 22.6. The summed E-state index contributed by atoms with van der Waals surface area (Å²) in [6.45, 7) is 4.17. The summed E-state index contributed by atoms with van der Waals surface area (Å²) in [7, 11) is 2.13. The molecule has 0 aliphatic carbocycles. The molecule has 43 heavy (non-hydrogen) atoms. The highest BCUT2D eigenvalue weighted by Crippen LogP contribution is 2.41. The van der Waals surface area contributed by atoms with Gasteiger partial charge >= 0.3 is 12.1 Å². The number of amides is 1.